The predicted octanol–water partition coefficient (Wildman–Crippen LogP) is 2.06. The van der Waals surface area contributed by atoms with Gasteiger partial charge in [0, 0.05) is 29.8 Å². The lowest BCUT2D eigenvalue weighted by molar-refractivity contribution is 0.741. The van der Waals surface area contributed by atoms with Crippen LogP contribution in [0.25, 0.3) is 0 Å². The van der Waals surface area contributed by atoms with E-state index in [0.29, 0.717) is 18.4 Å². The summed E-state index contributed by atoms with van der Waals surface area (Å²) in [5.74, 6) is 0.586. The number of aromatic nitrogens is 4. The van der Waals surface area contributed by atoms with Gasteiger partial charge in [-0.25, -0.2) is 4.98 Å². The Morgan fingerprint density at radius 2 is 2.10 bits per heavy atom. The molecule has 6 heteroatoms. The molecule has 0 saturated heterocycles. The van der Waals surface area contributed by atoms with E-state index >= 15 is 0 Å². The molecule has 1 fully saturated rings. The zero-order valence-electron chi connectivity index (χ0n) is 12.5. The van der Waals surface area contributed by atoms with Gasteiger partial charge in [0.2, 0.25) is 5.95 Å². The summed E-state index contributed by atoms with van der Waals surface area (Å²) < 4.78 is 0. The molecule has 0 spiro atoms. The lowest BCUT2D eigenvalue weighted by Gasteiger charge is -2.12. The van der Waals surface area contributed by atoms with Crippen LogP contribution >= 0.6 is 0 Å². The van der Waals surface area contributed by atoms with Crippen molar-refractivity contribution in [1.29, 1.82) is 0 Å². The lowest BCUT2D eigenvalue weighted by Crippen LogP contribution is -2.20. The Hall–Kier alpha value is -2.11. The van der Waals surface area contributed by atoms with Crippen molar-refractivity contribution >= 4 is 5.95 Å². The van der Waals surface area contributed by atoms with Crippen molar-refractivity contribution in [2.75, 3.05) is 5.32 Å². The van der Waals surface area contributed by atoms with Gasteiger partial charge in [0.15, 0.2) is 0 Å². The Bertz CT molecular complexity index is 662. The van der Waals surface area contributed by atoms with Gasteiger partial charge in [0.1, 0.15) is 0 Å². The number of anilines is 1. The topological polar surface area (TPSA) is 86.5 Å². The van der Waals surface area contributed by atoms with Crippen molar-refractivity contribution < 1.29 is 0 Å². The minimum atomic E-state index is -0.112. The van der Waals surface area contributed by atoms with Crippen LogP contribution in [-0.2, 0) is 6.42 Å². The molecule has 0 aliphatic heterocycles. The molecule has 2 aromatic rings. The van der Waals surface area contributed by atoms with Crippen molar-refractivity contribution in [3.8, 4) is 0 Å². The third-order valence-corrected chi connectivity index (χ3v) is 4.13. The van der Waals surface area contributed by atoms with Crippen LogP contribution in [0.4, 0.5) is 5.95 Å². The average molecular weight is 287 g/mol. The monoisotopic (exact) mass is 287 g/mol. The third kappa shape index (κ3) is 3.15. The first kappa shape index (κ1) is 13.9. The Balaban J connectivity index is 1.82. The molecule has 3 N–H and O–H groups in total. The van der Waals surface area contributed by atoms with Gasteiger partial charge in [-0.05, 0) is 26.7 Å². The standard InChI is InChI=1S/C15H21N5O/c1-9-13(10(2)20-19-9)7-12-8-14(21)18-15(17-12)16-11-5-3-4-6-11/h8,11H,3-7H2,1-2H3,(H,19,20)(H2,16,17,18,21). The van der Waals surface area contributed by atoms with E-state index in [1.54, 1.807) is 6.07 Å². The summed E-state index contributed by atoms with van der Waals surface area (Å²) in [7, 11) is 0. The minimum Gasteiger partial charge on any atom is -0.353 e. The highest BCUT2D eigenvalue weighted by Gasteiger charge is 2.16. The molecule has 3 rings (SSSR count). The van der Waals surface area contributed by atoms with E-state index in [1.807, 2.05) is 13.8 Å². The molecule has 0 atom stereocenters. The molecule has 0 amide bonds. The number of H-pyrrole nitrogens is 2. The summed E-state index contributed by atoms with van der Waals surface area (Å²) in [5.41, 5.74) is 3.76. The number of nitrogens with one attached hydrogen (secondary N) is 3. The van der Waals surface area contributed by atoms with Crippen LogP contribution in [0.1, 0.15) is 48.3 Å². The second-order valence-electron chi connectivity index (χ2n) is 5.80. The second-order valence-corrected chi connectivity index (χ2v) is 5.80. The van der Waals surface area contributed by atoms with Gasteiger partial charge in [0.25, 0.3) is 5.56 Å². The van der Waals surface area contributed by atoms with Gasteiger partial charge in [-0.15, -0.1) is 0 Å². The first-order valence-electron chi connectivity index (χ1n) is 7.49. The maximum atomic E-state index is 11.8. The highest BCUT2D eigenvalue weighted by atomic mass is 16.1. The maximum Gasteiger partial charge on any atom is 0.252 e. The Morgan fingerprint density at radius 1 is 1.33 bits per heavy atom. The molecule has 21 heavy (non-hydrogen) atoms. The Kier molecular flexibility index (Phi) is 3.77. The van der Waals surface area contributed by atoms with Crippen molar-refractivity contribution in [2.24, 2.45) is 0 Å². The Labute approximate surface area is 123 Å². The van der Waals surface area contributed by atoms with Gasteiger partial charge in [0.05, 0.1) is 11.4 Å². The second kappa shape index (κ2) is 5.71. The van der Waals surface area contributed by atoms with Gasteiger partial charge < -0.3 is 5.32 Å². The van der Waals surface area contributed by atoms with Crippen LogP contribution < -0.4 is 10.9 Å². The number of hydrogen-bond donors (Lipinski definition) is 3. The molecule has 0 bridgehead atoms. The largest absolute Gasteiger partial charge is 0.353 e. The van der Waals surface area contributed by atoms with E-state index in [9.17, 15) is 4.79 Å². The van der Waals surface area contributed by atoms with E-state index in [0.717, 1.165) is 35.5 Å². The lowest BCUT2D eigenvalue weighted by atomic mass is 10.1. The van der Waals surface area contributed by atoms with Gasteiger partial charge in [-0.2, -0.15) is 5.10 Å². The SMILES string of the molecule is Cc1n[nH]c(C)c1Cc1cc(=O)[nH]c(NC2CCCC2)n1. The van der Waals surface area contributed by atoms with Crippen molar-refractivity contribution in [3.63, 3.8) is 0 Å². The third-order valence-electron chi connectivity index (χ3n) is 4.13. The van der Waals surface area contributed by atoms with E-state index in [1.165, 1.54) is 12.8 Å². The predicted molar refractivity (Wildman–Crippen MR) is 81.6 cm³/mol. The zero-order valence-corrected chi connectivity index (χ0v) is 12.5. The van der Waals surface area contributed by atoms with Crippen LogP contribution in [-0.4, -0.2) is 26.2 Å². The molecular weight excluding hydrogens is 266 g/mol. The molecule has 6 nitrogen and oxygen atoms in total. The highest BCUT2D eigenvalue weighted by molar-refractivity contribution is 5.32. The smallest absolute Gasteiger partial charge is 0.252 e. The van der Waals surface area contributed by atoms with Gasteiger partial charge >= 0.3 is 0 Å². The fraction of sp³-hybridized carbons (Fsp3) is 0.533. The summed E-state index contributed by atoms with van der Waals surface area (Å²) in [6.45, 7) is 3.95. The minimum absolute atomic E-state index is 0.112. The summed E-state index contributed by atoms with van der Waals surface area (Å²) in [4.78, 5) is 19.2. The molecule has 1 saturated carbocycles. The quantitative estimate of drug-likeness (QED) is 0.803. The van der Waals surface area contributed by atoms with E-state index < -0.39 is 0 Å². The molecule has 0 aromatic carbocycles. The first-order valence-corrected chi connectivity index (χ1v) is 7.49. The maximum absolute atomic E-state index is 11.8. The fourth-order valence-electron chi connectivity index (χ4n) is 2.95. The van der Waals surface area contributed by atoms with Crippen LogP contribution in [0.5, 0.6) is 0 Å². The van der Waals surface area contributed by atoms with E-state index in [4.69, 9.17) is 0 Å². The number of rotatable bonds is 4. The van der Waals surface area contributed by atoms with Crippen LogP contribution in [0.15, 0.2) is 10.9 Å². The van der Waals surface area contributed by atoms with Crippen LogP contribution in [0, 0.1) is 13.8 Å². The normalized spacial score (nSPS) is 15.5. The molecule has 1 aliphatic rings. The van der Waals surface area contributed by atoms with Gasteiger partial charge in [-0.3, -0.25) is 14.9 Å². The van der Waals surface area contributed by atoms with E-state index in [2.05, 4.69) is 25.5 Å². The van der Waals surface area contributed by atoms with Gasteiger partial charge in [-0.1, -0.05) is 12.8 Å². The zero-order chi connectivity index (χ0) is 14.8. The molecule has 2 aromatic heterocycles. The number of aromatic amines is 2. The number of aryl methyl sites for hydroxylation is 2. The number of hydrogen-bond acceptors (Lipinski definition) is 4. The molecule has 0 radical (unpaired) electrons. The van der Waals surface area contributed by atoms with Crippen molar-refractivity contribution in [3.05, 3.63) is 39.1 Å². The first-order chi connectivity index (χ1) is 10.1. The molecule has 1 aliphatic carbocycles. The Morgan fingerprint density at radius 3 is 2.76 bits per heavy atom. The van der Waals surface area contributed by atoms with Crippen LogP contribution in [0.3, 0.4) is 0 Å². The molecule has 112 valence electrons. The molecule has 2 heterocycles. The van der Waals surface area contributed by atoms with Crippen molar-refractivity contribution in [2.45, 2.75) is 52.0 Å². The summed E-state index contributed by atoms with van der Waals surface area (Å²) in [6.07, 6.45) is 5.41. The summed E-state index contributed by atoms with van der Waals surface area (Å²) >= 11 is 0. The molecule has 0 unspecified atom stereocenters. The number of nitrogens with zero attached hydrogens (tertiary/aromatic N) is 2. The highest BCUT2D eigenvalue weighted by Crippen LogP contribution is 2.20. The summed E-state index contributed by atoms with van der Waals surface area (Å²) in [6, 6.07) is 1.99. The van der Waals surface area contributed by atoms with E-state index in [-0.39, 0.29) is 5.56 Å². The fourth-order valence-corrected chi connectivity index (χ4v) is 2.95. The average Bonchev–Trinajstić information content (AvgIpc) is 3.03. The molecular formula is C15H21N5O. The van der Waals surface area contributed by atoms with Crippen LogP contribution in [0.2, 0.25) is 0 Å². The summed E-state index contributed by atoms with van der Waals surface area (Å²) in [5, 5.41) is 10.5. The van der Waals surface area contributed by atoms with Crippen molar-refractivity contribution in [1.82, 2.24) is 20.2 Å².